The fourth-order valence-corrected chi connectivity index (χ4v) is 1.35. The number of rotatable bonds is 1. The molecule has 0 aliphatic rings. The molecule has 86 valence electrons. The van der Waals surface area contributed by atoms with E-state index in [0.717, 1.165) is 5.56 Å². The minimum Gasteiger partial charge on any atom is -0.316 e. The molecule has 5 heteroatoms. The standard InChI is InChI=1S/C10H12F3N.ClH/c1-6-3-4-8(7(2)5-6)9(14)10(11,12)13;/h3-5,9H,14H2,1-2H3;1H/t9-;/m1./s1. The van der Waals surface area contributed by atoms with Crippen LogP contribution in [0.2, 0.25) is 0 Å². The van der Waals surface area contributed by atoms with E-state index in [0.29, 0.717) is 5.56 Å². The second-order valence-corrected chi connectivity index (χ2v) is 3.38. The molecular weight excluding hydrogens is 227 g/mol. The first-order valence-electron chi connectivity index (χ1n) is 4.22. The molecule has 0 bridgehead atoms. The molecule has 0 heterocycles. The molecule has 1 nitrogen and oxygen atoms in total. The summed E-state index contributed by atoms with van der Waals surface area (Å²) in [5.74, 6) is 0. The van der Waals surface area contributed by atoms with Crippen LogP contribution in [0.3, 0.4) is 0 Å². The molecule has 1 rings (SSSR count). The Morgan fingerprint density at radius 1 is 1.20 bits per heavy atom. The zero-order valence-electron chi connectivity index (χ0n) is 8.43. The van der Waals surface area contributed by atoms with Crippen LogP contribution in [0.4, 0.5) is 13.2 Å². The summed E-state index contributed by atoms with van der Waals surface area (Å²) in [7, 11) is 0. The van der Waals surface area contributed by atoms with Crippen molar-refractivity contribution < 1.29 is 13.2 Å². The lowest BCUT2D eigenvalue weighted by atomic mass is 9.99. The van der Waals surface area contributed by atoms with Gasteiger partial charge in [0.2, 0.25) is 0 Å². The molecule has 1 aromatic rings. The van der Waals surface area contributed by atoms with Gasteiger partial charge in [0.15, 0.2) is 0 Å². The Morgan fingerprint density at radius 3 is 2.13 bits per heavy atom. The van der Waals surface area contributed by atoms with Gasteiger partial charge in [0.05, 0.1) is 0 Å². The lowest BCUT2D eigenvalue weighted by molar-refractivity contribution is -0.149. The van der Waals surface area contributed by atoms with Gasteiger partial charge in [0.1, 0.15) is 6.04 Å². The summed E-state index contributed by atoms with van der Waals surface area (Å²) >= 11 is 0. The SMILES string of the molecule is Cc1ccc([C@@H](N)C(F)(F)F)c(C)c1.Cl. The van der Waals surface area contributed by atoms with E-state index in [1.807, 2.05) is 6.92 Å². The molecule has 0 amide bonds. The van der Waals surface area contributed by atoms with E-state index in [9.17, 15) is 13.2 Å². The molecule has 0 radical (unpaired) electrons. The van der Waals surface area contributed by atoms with Gasteiger partial charge < -0.3 is 5.73 Å². The molecule has 0 unspecified atom stereocenters. The van der Waals surface area contributed by atoms with Gasteiger partial charge in [-0.1, -0.05) is 23.8 Å². The number of aryl methyl sites for hydroxylation is 2. The van der Waals surface area contributed by atoms with E-state index >= 15 is 0 Å². The van der Waals surface area contributed by atoms with Crippen LogP contribution in [0.5, 0.6) is 0 Å². The van der Waals surface area contributed by atoms with Crippen LogP contribution in [0, 0.1) is 13.8 Å². The van der Waals surface area contributed by atoms with Crippen molar-refractivity contribution in [3.63, 3.8) is 0 Å². The predicted octanol–water partition coefficient (Wildman–Crippen LogP) is 3.29. The summed E-state index contributed by atoms with van der Waals surface area (Å²) in [5.41, 5.74) is 6.75. The second kappa shape index (κ2) is 4.86. The first-order chi connectivity index (χ1) is 6.32. The molecule has 0 fully saturated rings. The molecule has 0 aromatic heterocycles. The summed E-state index contributed by atoms with van der Waals surface area (Å²) in [5, 5.41) is 0. The van der Waals surface area contributed by atoms with Gasteiger partial charge >= 0.3 is 6.18 Å². The van der Waals surface area contributed by atoms with Crippen LogP contribution in [-0.4, -0.2) is 6.18 Å². The molecular formula is C10H13ClF3N. The Bertz CT molecular complexity index is 336. The molecule has 0 saturated heterocycles. The minimum absolute atomic E-state index is 0. The third kappa shape index (κ3) is 3.39. The fourth-order valence-electron chi connectivity index (χ4n) is 1.35. The Balaban J connectivity index is 0.00000196. The maximum absolute atomic E-state index is 12.3. The van der Waals surface area contributed by atoms with Crippen molar-refractivity contribution in [3.05, 3.63) is 34.9 Å². The Labute approximate surface area is 92.9 Å². The molecule has 15 heavy (non-hydrogen) atoms. The first kappa shape index (κ1) is 14.3. The van der Waals surface area contributed by atoms with Crippen LogP contribution in [0.1, 0.15) is 22.7 Å². The quantitative estimate of drug-likeness (QED) is 0.800. The van der Waals surface area contributed by atoms with Gasteiger partial charge in [0.25, 0.3) is 0 Å². The lowest BCUT2D eigenvalue weighted by Crippen LogP contribution is -2.29. The summed E-state index contributed by atoms with van der Waals surface area (Å²) in [6.07, 6.45) is -4.37. The van der Waals surface area contributed by atoms with E-state index in [-0.39, 0.29) is 18.0 Å². The fraction of sp³-hybridized carbons (Fsp3) is 0.400. The summed E-state index contributed by atoms with van der Waals surface area (Å²) in [6.45, 7) is 3.46. The second-order valence-electron chi connectivity index (χ2n) is 3.38. The average molecular weight is 240 g/mol. The topological polar surface area (TPSA) is 26.0 Å². The predicted molar refractivity (Wildman–Crippen MR) is 56.1 cm³/mol. The van der Waals surface area contributed by atoms with Gasteiger partial charge in [0, 0.05) is 0 Å². The molecule has 0 aliphatic heterocycles. The molecule has 1 aromatic carbocycles. The van der Waals surface area contributed by atoms with Crippen LogP contribution in [-0.2, 0) is 0 Å². The van der Waals surface area contributed by atoms with Gasteiger partial charge in [-0.2, -0.15) is 13.2 Å². The van der Waals surface area contributed by atoms with E-state index in [1.54, 1.807) is 19.1 Å². The maximum Gasteiger partial charge on any atom is 0.407 e. The highest BCUT2D eigenvalue weighted by molar-refractivity contribution is 5.85. The van der Waals surface area contributed by atoms with E-state index in [4.69, 9.17) is 5.73 Å². The van der Waals surface area contributed by atoms with Gasteiger partial charge in [-0.05, 0) is 25.0 Å². The highest BCUT2D eigenvalue weighted by Crippen LogP contribution is 2.32. The Morgan fingerprint density at radius 2 is 1.73 bits per heavy atom. The Kier molecular flexibility index (Phi) is 4.62. The van der Waals surface area contributed by atoms with Crippen LogP contribution in [0.15, 0.2) is 18.2 Å². The first-order valence-corrected chi connectivity index (χ1v) is 4.22. The lowest BCUT2D eigenvalue weighted by Gasteiger charge is -2.18. The van der Waals surface area contributed by atoms with Crippen molar-refractivity contribution in [2.75, 3.05) is 0 Å². The molecule has 0 spiro atoms. The molecule has 2 N–H and O–H groups in total. The Hall–Kier alpha value is -0.740. The number of benzene rings is 1. The minimum atomic E-state index is -4.37. The van der Waals surface area contributed by atoms with Crippen molar-refractivity contribution >= 4 is 12.4 Å². The van der Waals surface area contributed by atoms with Crippen LogP contribution >= 0.6 is 12.4 Å². The number of hydrogen-bond donors (Lipinski definition) is 1. The van der Waals surface area contributed by atoms with Gasteiger partial charge in [-0.3, -0.25) is 0 Å². The average Bonchev–Trinajstić information content (AvgIpc) is 2.01. The number of nitrogens with two attached hydrogens (primary N) is 1. The molecule has 1 atom stereocenters. The molecule has 0 aliphatic carbocycles. The van der Waals surface area contributed by atoms with Crippen molar-refractivity contribution in [1.29, 1.82) is 0 Å². The smallest absolute Gasteiger partial charge is 0.316 e. The summed E-state index contributed by atoms with van der Waals surface area (Å²) in [4.78, 5) is 0. The van der Waals surface area contributed by atoms with Crippen molar-refractivity contribution in [2.24, 2.45) is 5.73 Å². The van der Waals surface area contributed by atoms with Crippen molar-refractivity contribution in [3.8, 4) is 0 Å². The zero-order chi connectivity index (χ0) is 10.9. The largest absolute Gasteiger partial charge is 0.407 e. The van der Waals surface area contributed by atoms with Crippen LogP contribution < -0.4 is 5.73 Å². The third-order valence-electron chi connectivity index (χ3n) is 2.11. The third-order valence-corrected chi connectivity index (χ3v) is 2.11. The summed E-state index contributed by atoms with van der Waals surface area (Å²) < 4.78 is 36.9. The van der Waals surface area contributed by atoms with E-state index < -0.39 is 12.2 Å². The number of hydrogen-bond acceptors (Lipinski definition) is 1. The van der Waals surface area contributed by atoms with Crippen molar-refractivity contribution in [2.45, 2.75) is 26.1 Å². The highest BCUT2D eigenvalue weighted by Gasteiger charge is 2.38. The monoisotopic (exact) mass is 239 g/mol. The maximum atomic E-state index is 12.3. The van der Waals surface area contributed by atoms with E-state index in [2.05, 4.69) is 0 Å². The number of alkyl halides is 3. The zero-order valence-corrected chi connectivity index (χ0v) is 9.25. The highest BCUT2D eigenvalue weighted by atomic mass is 35.5. The van der Waals surface area contributed by atoms with Crippen molar-refractivity contribution in [1.82, 2.24) is 0 Å². The number of halogens is 4. The van der Waals surface area contributed by atoms with Crippen LogP contribution in [0.25, 0.3) is 0 Å². The van der Waals surface area contributed by atoms with Gasteiger partial charge in [-0.25, -0.2) is 0 Å². The van der Waals surface area contributed by atoms with E-state index in [1.165, 1.54) is 6.07 Å². The molecule has 0 saturated carbocycles. The van der Waals surface area contributed by atoms with Gasteiger partial charge in [-0.15, -0.1) is 12.4 Å². The summed E-state index contributed by atoms with van der Waals surface area (Å²) in [6, 6.07) is 2.88. The normalized spacial score (nSPS) is 13.2.